The number of amides is 2. The number of rotatable bonds is 4. The molecule has 92 valence electrons. The lowest BCUT2D eigenvalue weighted by Gasteiger charge is -2.11. The maximum Gasteiger partial charge on any atom is 0.257 e. The SMILES string of the molecule is COc1ncccc1C(=O)NCC(=O)N(C)C. The molecule has 0 unspecified atom stereocenters. The Morgan fingerprint density at radius 3 is 2.76 bits per heavy atom. The van der Waals surface area contributed by atoms with Gasteiger partial charge in [0.1, 0.15) is 5.56 Å². The van der Waals surface area contributed by atoms with Crippen LogP contribution in [0.1, 0.15) is 10.4 Å². The van der Waals surface area contributed by atoms with Gasteiger partial charge < -0.3 is 15.0 Å². The van der Waals surface area contributed by atoms with Crippen molar-refractivity contribution < 1.29 is 14.3 Å². The fourth-order valence-corrected chi connectivity index (χ4v) is 1.14. The third-order valence-electron chi connectivity index (χ3n) is 2.11. The molecule has 0 radical (unpaired) electrons. The predicted octanol–water partition coefficient (Wildman–Crippen LogP) is -0.0918. The topological polar surface area (TPSA) is 71.5 Å². The van der Waals surface area contributed by atoms with E-state index in [1.807, 2.05) is 0 Å². The van der Waals surface area contributed by atoms with Crippen LogP contribution in [-0.4, -0.2) is 49.4 Å². The van der Waals surface area contributed by atoms with Crippen LogP contribution in [0.2, 0.25) is 0 Å². The average molecular weight is 237 g/mol. The molecule has 2 amide bonds. The zero-order chi connectivity index (χ0) is 12.8. The molecule has 6 heteroatoms. The van der Waals surface area contributed by atoms with Crippen molar-refractivity contribution in [2.45, 2.75) is 0 Å². The maximum atomic E-state index is 11.7. The maximum absolute atomic E-state index is 11.7. The van der Waals surface area contributed by atoms with Crippen LogP contribution in [0.4, 0.5) is 0 Å². The largest absolute Gasteiger partial charge is 0.480 e. The van der Waals surface area contributed by atoms with Crippen molar-refractivity contribution in [2.24, 2.45) is 0 Å². The number of nitrogens with zero attached hydrogens (tertiary/aromatic N) is 2. The molecule has 1 rings (SSSR count). The first kappa shape index (κ1) is 13.0. The van der Waals surface area contributed by atoms with E-state index in [9.17, 15) is 9.59 Å². The van der Waals surface area contributed by atoms with Gasteiger partial charge in [-0.1, -0.05) is 0 Å². The summed E-state index contributed by atoms with van der Waals surface area (Å²) in [5, 5.41) is 2.50. The van der Waals surface area contributed by atoms with E-state index < -0.39 is 0 Å². The lowest BCUT2D eigenvalue weighted by atomic mass is 10.2. The quantitative estimate of drug-likeness (QED) is 0.794. The van der Waals surface area contributed by atoms with E-state index in [0.29, 0.717) is 5.56 Å². The highest BCUT2D eigenvalue weighted by atomic mass is 16.5. The van der Waals surface area contributed by atoms with Gasteiger partial charge >= 0.3 is 0 Å². The zero-order valence-electron chi connectivity index (χ0n) is 10.1. The normalized spacial score (nSPS) is 9.59. The van der Waals surface area contributed by atoms with Gasteiger partial charge in [0.2, 0.25) is 11.8 Å². The summed E-state index contributed by atoms with van der Waals surface area (Å²) < 4.78 is 4.95. The third kappa shape index (κ3) is 3.44. The van der Waals surface area contributed by atoms with Crippen molar-refractivity contribution >= 4 is 11.8 Å². The first-order chi connectivity index (χ1) is 8.06. The molecule has 0 saturated carbocycles. The molecule has 0 aliphatic heterocycles. The standard InChI is InChI=1S/C11H15N3O3/c1-14(2)9(15)7-13-10(16)8-5-4-6-12-11(8)17-3/h4-6H,7H2,1-3H3,(H,13,16). The van der Waals surface area contributed by atoms with Crippen LogP contribution >= 0.6 is 0 Å². The Labute approximate surface area is 99.6 Å². The van der Waals surface area contributed by atoms with Crippen molar-refractivity contribution in [1.29, 1.82) is 0 Å². The summed E-state index contributed by atoms with van der Waals surface area (Å²) in [7, 11) is 4.68. The summed E-state index contributed by atoms with van der Waals surface area (Å²) in [6.07, 6.45) is 1.53. The van der Waals surface area contributed by atoms with E-state index in [1.165, 1.54) is 18.2 Å². The minimum absolute atomic E-state index is 0.0517. The summed E-state index contributed by atoms with van der Waals surface area (Å²) >= 11 is 0. The van der Waals surface area contributed by atoms with E-state index in [-0.39, 0.29) is 24.2 Å². The van der Waals surface area contributed by atoms with Gasteiger partial charge in [-0.2, -0.15) is 0 Å². The second-order valence-corrected chi connectivity index (χ2v) is 3.53. The Kier molecular flexibility index (Phi) is 4.45. The van der Waals surface area contributed by atoms with Crippen LogP contribution in [0, 0.1) is 0 Å². The van der Waals surface area contributed by atoms with Crippen LogP contribution in [0.5, 0.6) is 5.88 Å². The van der Waals surface area contributed by atoms with Gasteiger partial charge in [0.15, 0.2) is 0 Å². The molecule has 1 N–H and O–H groups in total. The van der Waals surface area contributed by atoms with Crippen molar-refractivity contribution in [2.75, 3.05) is 27.7 Å². The third-order valence-corrected chi connectivity index (χ3v) is 2.11. The first-order valence-electron chi connectivity index (χ1n) is 5.03. The van der Waals surface area contributed by atoms with Gasteiger partial charge in [0, 0.05) is 20.3 Å². The molecule has 1 heterocycles. The molecule has 0 aromatic carbocycles. The minimum Gasteiger partial charge on any atom is -0.480 e. The molecule has 0 atom stereocenters. The molecular formula is C11H15N3O3. The minimum atomic E-state index is -0.384. The van der Waals surface area contributed by atoms with Gasteiger partial charge in [0.25, 0.3) is 5.91 Å². The fourth-order valence-electron chi connectivity index (χ4n) is 1.14. The number of aromatic nitrogens is 1. The Hall–Kier alpha value is -2.11. The number of carbonyl (C=O) groups is 2. The van der Waals surface area contributed by atoms with Gasteiger partial charge in [-0.15, -0.1) is 0 Å². The molecular weight excluding hydrogens is 222 g/mol. The Bertz CT molecular complexity index is 418. The number of likely N-dealkylation sites (N-methyl/N-ethyl adjacent to an activating group) is 1. The van der Waals surface area contributed by atoms with Crippen molar-refractivity contribution in [1.82, 2.24) is 15.2 Å². The number of carbonyl (C=O) groups excluding carboxylic acids is 2. The summed E-state index contributed by atoms with van der Waals surface area (Å²) in [5.74, 6) is -0.325. The van der Waals surface area contributed by atoms with Crippen LogP contribution in [0.3, 0.4) is 0 Å². The van der Waals surface area contributed by atoms with Gasteiger partial charge in [0.05, 0.1) is 13.7 Å². The second kappa shape index (κ2) is 5.83. The highest BCUT2D eigenvalue weighted by Gasteiger charge is 2.13. The van der Waals surface area contributed by atoms with Crippen LogP contribution in [0.15, 0.2) is 18.3 Å². The molecule has 0 spiro atoms. The summed E-state index contributed by atoms with van der Waals surface area (Å²) in [4.78, 5) is 28.4. The van der Waals surface area contributed by atoms with Crippen molar-refractivity contribution in [3.8, 4) is 5.88 Å². The van der Waals surface area contributed by atoms with Crippen molar-refractivity contribution in [3.63, 3.8) is 0 Å². The van der Waals surface area contributed by atoms with E-state index in [4.69, 9.17) is 4.74 Å². The summed E-state index contributed by atoms with van der Waals surface area (Å²) in [5.41, 5.74) is 0.307. The summed E-state index contributed by atoms with van der Waals surface area (Å²) in [6.45, 7) is -0.0517. The summed E-state index contributed by atoms with van der Waals surface area (Å²) in [6, 6.07) is 3.21. The number of ether oxygens (including phenoxy) is 1. The van der Waals surface area contributed by atoms with Crippen LogP contribution in [-0.2, 0) is 4.79 Å². The Balaban J connectivity index is 2.67. The highest BCUT2D eigenvalue weighted by molar-refractivity contribution is 5.98. The van der Waals surface area contributed by atoms with Gasteiger partial charge in [-0.05, 0) is 12.1 Å². The second-order valence-electron chi connectivity index (χ2n) is 3.53. The van der Waals surface area contributed by atoms with Crippen LogP contribution < -0.4 is 10.1 Å². The molecule has 0 aliphatic rings. The van der Waals surface area contributed by atoms with E-state index in [0.717, 1.165) is 0 Å². The van der Waals surface area contributed by atoms with Gasteiger partial charge in [-0.3, -0.25) is 9.59 Å². The lowest BCUT2D eigenvalue weighted by molar-refractivity contribution is -0.127. The van der Waals surface area contributed by atoms with Crippen LogP contribution in [0.25, 0.3) is 0 Å². The number of hydrogen-bond acceptors (Lipinski definition) is 4. The monoisotopic (exact) mass is 237 g/mol. The molecule has 0 saturated heterocycles. The van der Waals surface area contributed by atoms with E-state index in [2.05, 4.69) is 10.3 Å². The smallest absolute Gasteiger partial charge is 0.257 e. The molecule has 0 bridgehead atoms. The van der Waals surface area contributed by atoms with E-state index >= 15 is 0 Å². The highest BCUT2D eigenvalue weighted by Crippen LogP contribution is 2.12. The Morgan fingerprint density at radius 1 is 1.47 bits per heavy atom. The number of hydrogen-bond donors (Lipinski definition) is 1. The molecule has 1 aromatic rings. The molecule has 0 fully saturated rings. The number of methoxy groups -OCH3 is 1. The first-order valence-corrected chi connectivity index (χ1v) is 5.03. The number of nitrogens with one attached hydrogen (secondary N) is 1. The van der Waals surface area contributed by atoms with Gasteiger partial charge in [-0.25, -0.2) is 4.98 Å². The molecule has 0 aliphatic carbocycles. The molecule has 17 heavy (non-hydrogen) atoms. The lowest BCUT2D eigenvalue weighted by Crippen LogP contribution is -2.36. The Morgan fingerprint density at radius 2 is 2.18 bits per heavy atom. The van der Waals surface area contributed by atoms with E-state index in [1.54, 1.807) is 26.2 Å². The number of pyridine rings is 1. The molecule has 1 aromatic heterocycles. The predicted molar refractivity (Wildman–Crippen MR) is 61.8 cm³/mol. The zero-order valence-corrected chi connectivity index (χ0v) is 10.1. The molecule has 6 nitrogen and oxygen atoms in total. The van der Waals surface area contributed by atoms with Crippen molar-refractivity contribution in [3.05, 3.63) is 23.9 Å². The fraction of sp³-hybridized carbons (Fsp3) is 0.364. The average Bonchev–Trinajstić information content (AvgIpc) is 2.35.